The van der Waals surface area contributed by atoms with Crippen molar-refractivity contribution in [2.75, 3.05) is 34.7 Å². The van der Waals surface area contributed by atoms with Gasteiger partial charge < -0.3 is 0 Å². The summed E-state index contributed by atoms with van der Waals surface area (Å²) < 4.78 is 0. The third kappa shape index (κ3) is 2.42. The maximum atomic E-state index is 3.25. The molecule has 0 rings (SSSR count). The van der Waals surface area contributed by atoms with Crippen LogP contribution in [0, 0.1) is 0 Å². The largest absolute Gasteiger partial charge is 0.289 e. The van der Waals surface area contributed by atoms with E-state index in [0.717, 1.165) is 6.54 Å². The highest BCUT2D eigenvalue weighted by molar-refractivity contribution is 4.74. The first-order valence-electron chi connectivity index (χ1n) is 4.32. The van der Waals surface area contributed by atoms with Crippen molar-refractivity contribution >= 4 is 0 Å². The Kier molecular flexibility index (Phi) is 4.70. The SMILES string of the molecule is CCNN(C)C(C)(NC)N(C)C. The van der Waals surface area contributed by atoms with E-state index >= 15 is 0 Å². The minimum Gasteiger partial charge on any atom is -0.289 e. The molecule has 2 N–H and O–H groups in total. The minimum absolute atomic E-state index is 0.143. The van der Waals surface area contributed by atoms with Crippen molar-refractivity contribution in [2.24, 2.45) is 0 Å². The third-order valence-corrected chi connectivity index (χ3v) is 2.39. The maximum Gasteiger partial charge on any atom is 0.137 e. The van der Waals surface area contributed by atoms with Crippen LogP contribution in [0.3, 0.4) is 0 Å². The second kappa shape index (κ2) is 4.77. The summed E-state index contributed by atoms with van der Waals surface area (Å²) in [6.45, 7) is 5.14. The fourth-order valence-electron chi connectivity index (χ4n) is 1.08. The zero-order valence-electron chi connectivity index (χ0n) is 9.10. The molecule has 0 bridgehead atoms. The highest BCUT2D eigenvalue weighted by atomic mass is 15.6. The van der Waals surface area contributed by atoms with E-state index in [1.807, 2.05) is 28.2 Å². The molecule has 1 unspecified atom stereocenters. The van der Waals surface area contributed by atoms with Crippen LogP contribution in [-0.2, 0) is 0 Å². The Morgan fingerprint density at radius 2 is 1.75 bits per heavy atom. The zero-order chi connectivity index (χ0) is 9.78. The molecule has 12 heavy (non-hydrogen) atoms. The molecule has 0 aromatic rings. The lowest BCUT2D eigenvalue weighted by Crippen LogP contribution is -2.66. The molecular weight excluding hydrogens is 152 g/mol. The molecule has 0 aromatic heterocycles. The highest BCUT2D eigenvalue weighted by Gasteiger charge is 2.28. The van der Waals surface area contributed by atoms with Crippen LogP contribution >= 0.6 is 0 Å². The molecule has 0 radical (unpaired) electrons. The van der Waals surface area contributed by atoms with E-state index in [1.165, 1.54) is 0 Å². The Morgan fingerprint density at radius 1 is 1.25 bits per heavy atom. The molecule has 0 aliphatic rings. The summed E-state index contributed by atoms with van der Waals surface area (Å²) in [5, 5.41) is 5.31. The fourth-order valence-corrected chi connectivity index (χ4v) is 1.08. The molecule has 0 amide bonds. The van der Waals surface area contributed by atoms with Crippen LogP contribution in [0.1, 0.15) is 13.8 Å². The Labute approximate surface area is 75.9 Å². The lowest BCUT2D eigenvalue weighted by atomic mass is 10.3. The van der Waals surface area contributed by atoms with Gasteiger partial charge in [-0.3, -0.25) is 15.6 Å². The van der Waals surface area contributed by atoms with E-state index in [9.17, 15) is 0 Å². The monoisotopic (exact) mass is 174 g/mol. The summed E-state index contributed by atoms with van der Waals surface area (Å²) in [4.78, 5) is 2.12. The number of nitrogens with one attached hydrogen (secondary N) is 2. The number of hydrogen-bond acceptors (Lipinski definition) is 4. The predicted octanol–water partition coefficient (Wildman–Crippen LogP) is -0.103. The van der Waals surface area contributed by atoms with Crippen molar-refractivity contribution < 1.29 is 0 Å². The number of hydrazine groups is 1. The van der Waals surface area contributed by atoms with E-state index in [1.54, 1.807) is 0 Å². The van der Waals surface area contributed by atoms with Crippen LogP contribution in [0.15, 0.2) is 0 Å². The molecular formula is C8H22N4. The average molecular weight is 174 g/mol. The number of rotatable bonds is 5. The van der Waals surface area contributed by atoms with E-state index in [4.69, 9.17) is 0 Å². The van der Waals surface area contributed by atoms with Crippen molar-refractivity contribution in [1.29, 1.82) is 0 Å². The molecule has 0 heterocycles. The van der Waals surface area contributed by atoms with Gasteiger partial charge in [-0.05, 0) is 28.1 Å². The van der Waals surface area contributed by atoms with Gasteiger partial charge in [0.15, 0.2) is 0 Å². The van der Waals surface area contributed by atoms with Gasteiger partial charge in [-0.1, -0.05) is 6.92 Å². The van der Waals surface area contributed by atoms with Gasteiger partial charge in [0.2, 0.25) is 0 Å². The average Bonchev–Trinajstić information content (AvgIpc) is 2.03. The van der Waals surface area contributed by atoms with E-state index in [0.29, 0.717) is 0 Å². The van der Waals surface area contributed by atoms with Crippen molar-refractivity contribution in [2.45, 2.75) is 19.6 Å². The normalized spacial score (nSPS) is 17.0. The number of hydrogen-bond donors (Lipinski definition) is 2. The maximum absolute atomic E-state index is 3.25. The van der Waals surface area contributed by atoms with Gasteiger partial charge in [0.05, 0.1) is 0 Å². The Balaban J connectivity index is 4.29. The van der Waals surface area contributed by atoms with E-state index < -0.39 is 0 Å². The molecule has 4 nitrogen and oxygen atoms in total. The van der Waals surface area contributed by atoms with Gasteiger partial charge in [-0.25, -0.2) is 5.01 Å². The smallest absolute Gasteiger partial charge is 0.137 e. The molecule has 1 atom stereocenters. The molecule has 4 heteroatoms. The zero-order valence-corrected chi connectivity index (χ0v) is 9.10. The van der Waals surface area contributed by atoms with Crippen LogP contribution in [-0.4, -0.2) is 50.4 Å². The van der Waals surface area contributed by atoms with Crippen LogP contribution in [0.2, 0.25) is 0 Å². The number of nitrogens with zero attached hydrogens (tertiary/aromatic N) is 2. The van der Waals surface area contributed by atoms with Gasteiger partial charge in [-0.15, -0.1) is 0 Å². The molecule has 0 aliphatic heterocycles. The third-order valence-electron chi connectivity index (χ3n) is 2.39. The molecule has 0 fully saturated rings. The van der Waals surface area contributed by atoms with Crippen molar-refractivity contribution in [3.05, 3.63) is 0 Å². The summed E-state index contributed by atoms with van der Waals surface area (Å²) in [7, 11) is 8.07. The summed E-state index contributed by atoms with van der Waals surface area (Å²) in [5.41, 5.74) is 3.25. The predicted molar refractivity (Wildman–Crippen MR) is 52.6 cm³/mol. The standard InChI is InChI=1S/C8H22N4/c1-7-10-12(6)8(2,9-3)11(4)5/h9-10H,7H2,1-6H3. The van der Waals surface area contributed by atoms with Crippen LogP contribution < -0.4 is 10.7 Å². The van der Waals surface area contributed by atoms with Crippen LogP contribution in [0.5, 0.6) is 0 Å². The molecule has 0 saturated heterocycles. The fraction of sp³-hybridized carbons (Fsp3) is 1.00. The van der Waals surface area contributed by atoms with Crippen molar-refractivity contribution in [1.82, 2.24) is 20.7 Å². The van der Waals surface area contributed by atoms with E-state index in [-0.39, 0.29) is 5.79 Å². The molecule has 0 aliphatic carbocycles. The first-order chi connectivity index (χ1) is 5.49. The lowest BCUT2D eigenvalue weighted by Gasteiger charge is -2.43. The Morgan fingerprint density at radius 3 is 2.00 bits per heavy atom. The van der Waals surface area contributed by atoms with Gasteiger partial charge in [0, 0.05) is 13.6 Å². The summed E-state index contributed by atoms with van der Waals surface area (Å²) in [6.07, 6.45) is 0. The minimum atomic E-state index is -0.143. The summed E-state index contributed by atoms with van der Waals surface area (Å²) in [5.74, 6) is -0.143. The molecule has 0 aromatic carbocycles. The van der Waals surface area contributed by atoms with Crippen LogP contribution in [0.4, 0.5) is 0 Å². The summed E-state index contributed by atoms with van der Waals surface area (Å²) >= 11 is 0. The van der Waals surface area contributed by atoms with Gasteiger partial charge >= 0.3 is 0 Å². The first-order valence-corrected chi connectivity index (χ1v) is 4.32. The quantitative estimate of drug-likeness (QED) is 0.450. The van der Waals surface area contributed by atoms with Gasteiger partial charge in [0.1, 0.15) is 5.79 Å². The van der Waals surface area contributed by atoms with Crippen molar-refractivity contribution in [3.8, 4) is 0 Å². The van der Waals surface area contributed by atoms with E-state index in [2.05, 4.69) is 34.5 Å². The second-order valence-corrected chi connectivity index (χ2v) is 3.24. The van der Waals surface area contributed by atoms with Crippen molar-refractivity contribution in [3.63, 3.8) is 0 Å². The molecule has 0 saturated carbocycles. The Hall–Kier alpha value is -0.160. The topological polar surface area (TPSA) is 30.5 Å². The Bertz CT molecular complexity index is 126. The van der Waals surface area contributed by atoms with Crippen LogP contribution in [0.25, 0.3) is 0 Å². The molecule has 74 valence electrons. The molecule has 0 spiro atoms. The first kappa shape index (κ1) is 11.8. The lowest BCUT2D eigenvalue weighted by molar-refractivity contribution is -0.0534. The summed E-state index contributed by atoms with van der Waals surface area (Å²) in [6, 6.07) is 0. The highest BCUT2D eigenvalue weighted by Crippen LogP contribution is 2.08. The van der Waals surface area contributed by atoms with Gasteiger partial charge in [-0.2, -0.15) is 0 Å². The second-order valence-electron chi connectivity index (χ2n) is 3.24. The van der Waals surface area contributed by atoms with Gasteiger partial charge in [0.25, 0.3) is 0 Å².